The first-order valence-electron chi connectivity index (χ1n) is 7.55. The van der Waals surface area contributed by atoms with Crippen LogP contribution in [0.4, 0.5) is 0 Å². The van der Waals surface area contributed by atoms with E-state index in [1.54, 1.807) is 29.6 Å². The zero-order valence-electron chi connectivity index (χ0n) is 12.8. The van der Waals surface area contributed by atoms with E-state index in [-0.39, 0.29) is 0 Å². The number of rotatable bonds is 2. The minimum atomic E-state index is 0.643. The fourth-order valence-electron chi connectivity index (χ4n) is 2.82. The van der Waals surface area contributed by atoms with Gasteiger partial charge in [0.25, 0.3) is 0 Å². The largest absolute Gasteiger partial charge is 0.265 e. The summed E-state index contributed by atoms with van der Waals surface area (Å²) in [7, 11) is 0. The summed E-state index contributed by atoms with van der Waals surface area (Å²) in [6.45, 7) is 0. The number of nitrogens with zero attached hydrogens (tertiary/aromatic N) is 7. The van der Waals surface area contributed by atoms with Crippen molar-refractivity contribution in [2.24, 2.45) is 0 Å². The van der Waals surface area contributed by atoms with Crippen LogP contribution < -0.4 is 0 Å². The van der Waals surface area contributed by atoms with E-state index in [9.17, 15) is 0 Å². The number of aromatic nitrogens is 7. The number of hydrogen-bond acceptors (Lipinski definition) is 5. The highest BCUT2D eigenvalue weighted by atomic mass is 35.5. The molecule has 0 saturated carbocycles. The summed E-state index contributed by atoms with van der Waals surface area (Å²) in [4.78, 5) is 8.59. The van der Waals surface area contributed by atoms with Crippen molar-refractivity contribution in [3.8, 4) is 17.1 Å². The van der Waals surface area contributed by atoms with Crippen molar-refractivity contribution in [2.75, 3.05) is 0 Å². The second-order valence-electron chi connectivity index (χ2n) is 5.47. The van der Waals surface area contributed by atoms with Crippen molar-refractivity contribution in [3.05, 3.63) is 66.3 Å². The molecule has 25 heavy (non-hydrogen) atoms. The zero-order chi connectivity index (χ0) is 16.8. The number of pyridine rings is 1. The molecule has 0 atom stereocenters. The molecule has 1 aromatic carbocycles. The number of hydrogen-bond donors (Lipinski definition) is 0. The van der Waals surface area contributed by atoms with Crippen LogP contribution in [0.2, 0.25) is 5.02 Å². The van der Waals surface area contributed by atoms with Crippen molar-refractivity contribution in [1.82, 2.24) is 34.3 Å². The Bertz CT molecular complexity index is 1210. The molecule has 0 N–H and O–H groups in total. The molecule has 0 aliphatic heterocycles. The van der Waals surface area contributed by atoms with Gasteiger partial charge < -0.3 is 0 Å². The number of fused-ring (bicyclic) bond motifs is 3. The van der Waals surface area contributed by atoms with Crippen LogP contribution in [-0.2, 0) is 0 Å². The Morgan fingerprint density at radius 3 is 2.68 bits per heavy atom. The van der Waals surface area contributed by atoms with E-state index in [2.05, 4.69) is 25.3 Å². The fourth-order valence-corrected chi connectivity index (χ4v) is 3.00. The Kier molecular flexibility index (Phi) is 3.01. The molecule has 4 heterocycles. The van der Waals surface area contributed by atoms with Crippen molar-refractivity contribution in [2.45, 2.75) is 0 Å². The minimum absolute atomic E-state index is 0.643. The summed E-state index contributed by atoms with van der Waals surface area (Å²) in [6.07, 6.45) is 6.89. The van der Waals surface area contributed by atoms with Gasteiger partial charge in [-0.3, -0.25) is 9.38 Å². The molecule has 0 radical (unpaired) electrons. The molecule has 0 unspecified atom stereocenters. The van der Waals surface area contributed by atoms with E-state index in [0.717, 1.165) is 16.6 Å². The Morgan fingerprint density at radius 1 is 0.960 bits per heavy atom. The van der Waals surface area contributed by atoms with Crippen molar-refractivity contribution in [1.29, 1.82) is 0 Å². The van der Waals surface area contributed by atoms with Crippen LogP contribution >= 0.6 is 11.6 Å². The van der Waals surface area contributed by atoms with Crippen LogP contribution in [0.25, 0.3) is 33.8 Å². The standard InChI is InChI=1S/C17H10ClN7/c18-12-2-1-3-13(8-12)25-16-14(9-21-25)17-23-22-15(24(17)10-20-16)11-4-6-19-7-5-11/h1-10H. The first kappa shape index (κ1) is 14.1. The van der Waals surface area contributed by atoms with E-state index in [4.69, 9.17) is 11.6 Å². The summed E-state index contributed by atoms with van der Waals surface area (Å²) >= 11 is 6.09. The Labute approximate surface area is 146 Å². The highest BCUT2D eigenvalue weighted by Crippen LogP contribution is 2.24. The molecule has 0 saturated heterocycles. The average molecular weight is 348 g/mol. The molecule has 5 aromatic rings. The Hall–Kier alpha value is -3.32. The molecule has 8 heteroatoms. The Balaban J connectivity index is 1.74. The van der Waals surface area contributed by atoms with Gasteiger partial charge in [-0.25, -0.2) is 9.67 Å². The lowest BCUT2D eigenvalue weighted by molar-refractivity contribution is 0.893. The second-order valence-corrected chi connectivity index (χ2v) is 5.91. The van der Waals surface area contributed by atoms with Crippen LogP contribution in [0, 0.1) is 0 Å². The highest BCUT2D eigenvalue weighted by Gasteiger charge is 2.15. The van der Waals surface area contributed by atoms with Crippen LogP contribution in [0.15, 0.2) is 61.3 Å². The molecular weight excluding hydrogens is 338 g/mol. The van der Waals surface area contributed by atoms with E-state index in [0.29, 0.717) is 22.1 Å². The van der Waals surface area contributed by atoms with E-state index in [1.807, 2.05) is 40.8 Å². The molecule has 5 rings (SSSR count). The summed E-state index contributed by atoms with van der Waals surface area (Å²) in [5, 5.41) is 14.5. The maximum Gasteiger partial charge on any atom is 0.175 e. The molecule has 0 amide bonds. The van der Waals surface area contributed by atoms with Gasteiger partial charge in [-0.05, 0) is 30.3 Å². The van der Waals surface area contributed by atoms with Gasteiger partial charge in [0.2, 0.25) is 0 Å². The predicted molar refractivity (Wildman–Crippen MR) is 93.7 cm³/mol. The molecule has 4 aromatic heterocycles. The minimum Gasteiger partial charge on any atom is -0.265 e. The summed E-state index contributed by atoms with van der Waals surface area (Å²) < 4.78 is 3.59. The molecule has 0 fully saturated rings. The molecule has 0 aliphatic rings. The summed E-state index contributed by atoms with van der Waals surface area (Å²) in [5.74, 6) is 0.710. The van der Waals surface area contributed by atoms with Gasteiger partial charge in [0.15, 0.2) is 17.1 Å². The van der Waals surface area contributed by atoms with Crippen LogP contribution in [-0.4, -0.2) is 34.3 Å². The van der Waals surface area contributed by atoms with Gasteiger partial charge in [0.05, 0.1) is 17.3 Å². The first-order valence-corrected chi connectivity index (χ1v) is 7.93. The summed E-state index contributed by atoms with van der Waals surface area (Å²) in [5.41, 5.74) is 3.16. The van der Waals surface area contributed by atoms with E-state index in [1.165, 1.54) is 0 Å². The molecule has 120 valence electrons. The third-order valence-electron chi connectivity index (χ3n) is 3.97. The lowest BCUT2D eigenvalue weighted by Crippen LogP contribution is -1.99. The van der Waals surface area contributed by atoms with Crippen molar-refractivity contribution >= 4 is 28.3 Å². The topological polar surface area (TPSA) is 73.8 Å². The van der Waals surface area contributed by atoms with Crippen LogP contribution in [0.3, 0.4) is 0 Å². The number of halogens is 1. The molecule has 7 nitrogen and oxygen atoms in total. The second kappa shape index (κ2) is 5.35. The third kappa shape index (κ3) is 2.17. The van der Waals surface area contributed by atoms with Crippen molar-refractivity contribution in [3.63, 3.8) is 0 Å². The maximum absolute atomic E-state index is 6.09. The zero-order valence-corrected chi connectivity index (χ0v) is 13.5. The third-order valence-corrected chi connectivity index (χ3v) is 4.20. The normalized spacial score (nSPS) is 11.4. The smallest absolute Gasteiger partial charge is 0.175 e. The Morgan fingerprint density at radius 2 is 1.84 bits per heavy atom. The lowest BCUT2D eigenvalue weighted by atomic mass is 10.2. The average Bonchev–Trinajstić information content (AvgIpc) is 3.26. The van der Waals surface area contributed by atoms with Gasteiger partial charge >= 0.3 is 0 Å². The van der Waals surface area contributed by atoms with Gasteiger partial charge in [-0.15, -0.1) is 10.2 Å². The molecular formula is C17H10ClN7. The van der Waals surface area contributed by atoms with Crippen LogP contribution in [0.5, 0.6) is 0 Å². The van der Waals surface area contributed by atoms with E-state index < -0.39 is 0 Å². The molecule has 0 spiro atoms. The first-order chi connectivity index (χ1) is 12.3. The van der Waals surface area contributed by atoms with Crippen LogP contribution in [0.1, 0.15) is 0 Å². The molecule has 0 bridgehead atoms. The maximum atomic E-state index is 6.09. The van der Waals surface area contributed by atoms with Gasteiger partial charge in [-0.1, -0.05) is 17.7 Å². The van der Waals surface area contributed by atoms with Gasteiger partial charge in [0.1, 0.15) is 6.33 Å². The monoisotopic (exact) mass is 347 g/mol. The summed E-state index contributed by atoms with van der Waals surface area (Å²) in [6, 6.07) is 11.2. The van der Waals surface area contributed by atoms with E-state index >= 15 is 0 Å². The van der Waals surface area contributed by atoms with Gasteiger partial charge in [-0.2, -0.15) is 5.10 Å². The SMILES string of the molecule is Clc1cccc(-n2ncc3c2ncn2c(-c4ccncc4)nnc32)c1. The fraction of sp³-hybridized carbons (Fsp3) is 0. The molecule has 0 aliphatic carbocycles. The lowest BCUT2D eigenvalue weighted by Gasteiger charge is -2.04. The highest BCUT2D eigenvalue weighted by molar-refractivity contribution is 6.30. The quantitative estimate of drug-likeness (QED) is 0.490. The number of benzene rings is 1. The predicted octanol–water partition coefficient (Wildman–Crippen LogP) is 3.18. The van der Waals surface area contributed by atoms with Gasteiger partial charge in [0, 0.05) is 23.0 Å². The van der Waals surface area contributed by atoms with Crippen molar-refractivity contribution < 1.29 is 0 Å².